The fourth-order valence-electron chi connectivity index (χ4n) is 2.77. The predicted molar refractivity (Wildman–Crippen MR) is 96.4 cm³/mol. The van der Waals surface area contributed by atoms with Gasteiger partial charge in [0.1, 0.15) is 11.4 Å². The molecule has 0 saturated carbocycles. The minimum absolute atomic E-state index is 0.152. The fourth-order valence-corrected chi connectivity index (χ4v) is 3.06. The summed E-state index contributed by atoms with van der Waals surface area (Å²) in [5, 5.41) is 10.0. The van der Waals surface area contributed by atoms with Gasteiger partial charge in [-0.1, -0.05) is 23.7 Å². The van der Waals surface area contributed by atoms with E-state index in [1.807, 2.05) is 6.07 Å². The van der Waals surface area contributed by atoms with Crippen molar-refractivity contribution in [2.75, 3.05) is 0 Å². The number of imidazole rings is 1. The number of nitrogens with zero attached hydrogens (tertiary/aromatic N) is 5. The Bertz CT molecular complexity index is 1100. The third-order valence-electron chi connectivity index (χ3n) is 4.10. The second-order valence-electron chi connectivity index (χ2n) is 5.99. The van der Waals surface area contributed by atoms with Crippen LogP contribution in [0.1, 0.15) is 11.1 Å². The molecule has 142 valence electrons. The van der Waals surface area contributed by atoms with Gasteiger partial charge in [0, 0.05) is 24.5 Å². The van der Waals surface area contributed by atoms with Gasteiger partial charge in [-0.25, -0.2) is 4.98 Å². The molecular weight excluding hydrogens is 393 g/mol. The molecule has 1 N–H and O–H groups in total. The highest BCUT2D eigenvalue weighted by molar-refractivity contribution is 6.32. The van der Waals surface area contributed by atoms with Gasteiger partial charge in [-0.05, 0) is 23.8 Å². The first kappa shape index (κ1) is 18.2. The van der Waals surface area contributed by atoms with Crippen molar-refractivity contribution in [3.05, 3.63) is 71.4 Å². The van der Waals surface area contributed by atoms with E-state index in [9.17, 15) is 13.2 Å². The Kier molecular flexibility index (Phi) is 4.60. The molecule has 0 amide bonds. The van der Waals surface area contributed by atoms with Crippen LogP contribution in [0.3, 0.4) is 0 Å². The van der Waals surface area contributed by atoms with E-state index < -0.39 is 11.7 Å². The Morgan fingerprint density at radius 3 is 2.68 bits per heavy atom. The first-order valence-electron chi connectivity index (χ1n) is 8.11. The summed E-state index contributed by atoms with van der Waals surface area (Å²) in [7, 11) is 0. The van der Waals surface area contributed by atoms with Crippen molar-refractivity contribution in [1.82, 2.24) is 29.9 Å². The zero-order valence-electron chi connectivity index (χ0n) is 14.2. The Labute approximate surface area is 162 Å². The van der Waals surface area contributed by atoms with Gasteiger partial charge in [0.15, 0.2) is 0 Å². The molecule has 4 aromatic rings. The van der Waals surface area contributed by atoms with Crippen molar-refractivity contribution in [3.8, 4) is 22.6 Å². The van der Waals surface area contributed by atoms with Gasteiger partial charge in [-0.3, -0.25) is 4.98 Å². The number of nitrogens with one attached hydrogen (secondary N) is 1. The summed E-state index contributed by atoms with van der Waals surface area (Å²) >= 11 is 5.96. The molecule has 3 aromatic heterocycles. The van der Waals surface area contributed by atoms with Gasteiger partial charge in [-0.15, -0.1) is 0 Å². The van der Waals surface area contributed by atoms with Gasteiger partial charge >= 0.3 is 6.18 Å². The summed E-state index contributed by atoms with van der Waals surface area (Å²) in [6, 6.07) is 7.46. The second kappa shape index (κ2) is 7.08. The van der Waals surface area contributed by atoms with Crippen LogP contribution in [0.25, 0.3) is 22.6 Å². The number of halogens is 4. The Morgan fingerprint density at radius 2 is 1.93 bits per heavy atom. The molecule has 3 heterocycles. The highest BCUT2D eigenvalue weighted by Crippen LogP contribution is 2.36. The van der Waals surface area contributed by atoms with Gasteiger partial charge in [-0.2, -0.15) is 28.6 Å². The maximum Gasteiger partial charge on any atom is 0.417 e. The predicted octanol–water partition coefficient (Wildman–Crippen LogP) is 4.45. The van der Waals surface area contributed by atoms with E-state index in [-0.39, 0.29) is 11.6 Å². The molecule has 0 unspecified atom stereocenters. The Balaban J connectivity index is 1.60. The summed E-state index contributed by atoms with van der Waals surface area (Å²) in [4.78, 5) is 8.59. The van der Waals surface area contributed by atoms with Crippen LogP contribution >= 0.6 is 11.6 Å². The van der Waals surface area contributed by atoms with Gasteiger partial charge in [0.05, 0.1) is 28.8 Å². The quantitative estimate of drug-likeness (QED) is 0.545. The summed E-state index contributed by atoms with van der Waals surface area (Å²) in [5.41, 5.74) is 2.16. The van der Waals surface area contributed by atoms with E-state index in [0.29, 0.717) is 22.6 Å². The number of aromatic nitrogens is 6. The van der Waals surface area contributed by atoms with E-state index >= 15 is 0 Å². The molecular formula is C18H12ClF3N6. The van der Waals surface area contributed by atoms with Crippen LogP contribution in [0.5, 0.6) is 0 Å². The molecule has 0 spiro atoms. The molecule has 0 aliphatic carbocycles. The number of rotatable bonds is 4. The summed E-state index contributed by atoms with van der Waals surface area (Å²) in [6.45, 7) is 0.152. The number of H-pyrrole nitrogens is 1. The second-order valence-corrected chi connectivity index (χ2v) is 6.37. The average Bonchev–Trinajstić information content (AvgIpc) is 3.35. The molecule has 28 heavy (non-hydrogen) atoms. The minimum Gasteiger partial charge on any atom is -0.332 e. The third kappa shape index (κ3) is 3.61. The normalized spacial score (nSPS) is 11.7. The fraction of sp³-hybridized carbons (Fsp3) is 0.111. The number of pyridine rings is 1. The lowest BCUT2D eigenvalue weighted by atomic mass is 10.1. The average molecular weight is 405 g/mol. The lowest BCUT2D eigenvalue weighted by Gasteiger charge is -2.12. The largest absolute Gasteiger partial charge is 0.417 e. The first-order chi connectivity index (χ1) is 13.4. The van der Waals surface area contributed by atoms with E-state index in [1.165, 1.54) is 12.4 Å². The molecule has 6 nitrogen and oxygen atoms in total. The van der Waals surface area contributed by atoms with Gasteiger partial charge in [0.25, 0.3) is 0 Å². The van der Waals surface area contributed by atoms with E-state index in [0.717, 1.165) is 11.6 Å². The lowest BCUT2D eigenvalue weighted by Crippen LogP contribution is -2.08. The molecule has 4 rings (SSSR count). The summed E-state index contributed by atoms with van der Waals surface area (Å²) < 4.78 is 40.7. The van der Waals surface area contributed by atoms with Crippen molar-refractivity contribution in [1.29, 1.82) is 0 Å². The van der Waals surface area contributed by atoms with Gasteiger partial charge < -0.3 is 4.57 Å². The van der Waals surface area contributed by atoms with E-state index in [4.69, 9.17) is 11.6 Å². The van der Waals surface area contributed by atoms with Crippen molar-refractivity contribution in [3.63, 3.8) is 0 Å². The zero-order valence-corrected chi connectivity index (χ0v) is 14.9. The van der Waals surface area contributed by atoms with Crippen molar-refractivity contribution < 1.29 is 13.2 Å². The summed E-state index contributed by atoms with van der Waals surface area (Å²) in [5.74, 6) is 0. The summed E-state index contributed by atoms with van der Waals surface area (Å²) in [6.07, 6.45) is 1.94. The lowest BCUT2D eigenvalue weighted by molar-refractivity contribution is -0.137. The molecule has 10 heteroatoms. The Morgan fingerprint density at radius 1 is 1.07 bits per heavy atom. The maximum absolute atomic E-state index is 13.0. The third-order valence-corrected chi connectivity index (χ3v) is 4.55. The molecule has 0 aliphatic rings. The van der Waals surface area contributed by atoms with Crippen LogP contribution in [0.15, 0.2) is 55.2 Å². The molecule has 1 aromatic carbocycles. The van der Waals surface area contributed by atoms with Crippen molar-refractivity contribution >= 4 is 11.6 Å². The molecule has 0 fully saturated rings. The number of hydrogen-bond acceptors (Lipinski definition) is 4. The smallest absolute Gasteiger partial charge is 0.332 e. The van der Waals surface area contributed by atoms with E-state index in [1.54, 1.807) is 35.3 Å². The zero-order chi connectivity index (χ0) is 19.7. The number of aromatic amines is 1. The number of alkyl halides is 3. The molecule has 0 saturated heterocycles. The molecule has 0 bridgehead atoms. The van der Waals surface area contributed by atoms with Crippen molar-refractivity contribution in [2.24, 2.45) is 0 Å². The van der Waals surface area contributed by atoms with Crippen LogP contribution in [0, 0.1) is 0 Å². The van der Waals surface area contributed by atoms with Crippen LogP contribution in [0.4, 0.5) is 13.2 Å². The number of benzene rings is 1. The molecule has 0 radical (unpaired) electrons. The SMILES string of the molecule is FC(F)(F)c1cccc(Cn2cnc(-c3cc(-c4cn[nH]n4)ccn3)c2)c1Cl. The van der Waals surface area contributed by atoms with Crippen LogP contribution in [-0.4, -0.2) is 29.9 Å². The first-order valence-corrected chi connectivity index (χ1v) is 8.48. The molecule has 0 aliphatic heterocycles. The van der Waals surface area contributed by atoms with Crippen LogP contribution in [-0.2, 0) is 12.7 Å². The van der Waals surface area contributed by atoms with Crippen molar-refractivity contribution in [2.45, 2.75) is 12.7 Å². The van der Waals surface area contributed by atoms with Crippen LogP contribution < -0.4 is 0 Å². The monoisotopic (exact) mass is 404 g/mol. The number of hydrogen-bond donors (Lipinski definition) is 1. The van der Waals surface area contributed by atoms with Crippen LogP contribution in [0.2, 0.25) is 5.02 Å². The molecule has 0 atom stereocenters. The van der Waals surface area contributed by atoms with E-state index in [2.05, 4.69) is 25.4 Å². The minimum atomic E-state index is -4.50. The maximum atomic E-state index is 13.0. The Hall–Kier alpha value is -3.20. The standard InChI is InChI=1S/C18H12ClF3N6/c19-17-12(2-1-3-13(17)18(20,21)22)8-28-9-16(24-10-28)14-6-11(4-5-23-14)15-7-25-27-26-15/h1-7,9-10H,8H2,(H,25,26,27). The highest BCUT2D eigenvalue weighted by atomic mass is 35.5. The highest BCUT2D eigenvalue weighted by Gasteiger charge is 2.33. The van der Waals surface area contributed by atoms with Gasteiger partial charge in [0.2, 0.25) is 0 Å². The topological polar surface area (TPSA) is 72.3 Å².